The largest absolute Gasteiger partial charge is 0.455 e. The molecule has 0 bridgehead atoms. The first kappa shape index (κ1) is 25.9. The van der Waals surface area contributed by atoms with Crippen molar-refractivity contribution in [1.29, 1.82) is 0 Å². The molecular formula is C43H31NO. The zero-order valence-corrected chi connectivity index (χ0v) is 25.3. The van der Waals surface area contributed by atoms with Crippen LogP contribution in [0.5, 0.6) is 0 Å². The minimum atomic E-state index is -0.0940. The van der Waals surface area contributed by atoms with Crippen LogP contribution >= 0.6 is 0 Å². The fourth-order valence-electron chi connectivity index (χ4n) is 7.37. The van der Waals surface area contributed by atoms with Crippen molar-refractivity contribution in [3.05, 3.63) is 163 Å². The van der Waals surface area contributed by atoms with Crippen LogP contribution in [0.2, 0.25) is 0 Å². The fraction of sp³-hybridized carbons (Fsp3) is 0.0698. The zero-order valence-electron chi connectivity index (χ0n) is 25.3. The molecule has 0 N–H and O–H groups in total. The first-order valence-electron chi connectivity index (χ1n) is 15.6. The SMILES string of the molecule is CC1(C)c2ccccc2-c2ccc(N(c3cccc(-c4ccccc4)c3)c3ccc4c(c3)oc3c5ccccc5ccc43)cc21. The van der Waals surface area contributed by atoms with Gasteiger partial charge < -0.3 is 9.32 Å². The van der Waals surface area contributed by atoms with Gasteiger partial charge in [-0.15, -0.1) is 0 Å². The van der Waals surface area contributed by atoms with Crippen LogP contribution in [0.3, 0.4) is 0 Å². The summed E-state index contributed by atoms with van der Waals surface area (Å²) >= 11 is 0. The average Bonchev–Trinajstić information content (AvgIpc) is 3.57. The van der Waals surface area contributed by atoms with Crippen LogP contribution in [0.25, 0.3) is 55.0 Å². The molecule has 45 heavy (non-hydrogen) atoms. The van der Waals surface area contributed by atoms with Crippen molar-refractivity contribution in [2.24, 2.45) is 0 Å². The van der Waals surface area contributed by atoms with Crippen molar-refractivity contribution >= 4 is 49.8 Å². The van der Waals surface area contributed by atoms with Crippen LogP contribution in [0.15, 0.2) is 156 Å². The first-order valence-corrected chi connectivity index (χ1v) is 15.6. The number of rotatable bonds is 4. The van der Waals surface area contributed by atoms with E-state index in [-0.39, 0.29) is 5.41 Å². The minimum Gasteiger partial charge on any atom is -0.455 e. The second kappa shape index (κ2) is 9.70. The highest BCUT2D eigenvalue weighted by atomic mass is 16.3. The number of furan rings is 1. The van der Waals surface area contributed by atoms with Crippen molar-refractivity contribution in [2.75, 3.05) is 4.90 Å². The van der Waals surface area contributed by atoms with Gasteiger partial charge in [-0.25, -0.2) is 0 Å². The lowest BCUT2D eigenvalue weighted by Gasteiger charge is -2.28. The molecule has 0 spiro atoms. The molecule has 0 amide bonds. The van der Waals surface area contributed by atoms with E-state index in [1.807, 2.05) is 0 Å². The van der Waals surface area contributed by atoms with Crippen LogP contribution in [0.4, 0.5) is 17.1 Å². The van der Waals surface area contributed by atoms with E-state index in [9.17, 15) is 0 Å². The van der Waals surface area contributed by atoms with Crippen molar-refractivity contribution < 1.29 is 4.42 Å². The van der Waals surface area contributed by atoms with E-state index < -0.39 is 0 Å². The summed E-state index contributed by atoms with van der Waals surface area (Å²) in [5.41, 5.74) is 12.8. The number of fused-ring (bicyclic) bond motifs is 8. The summed E-state index contributed by atoms with van der Waals surface area (Å²) in [4.78, 5) is 2.37. The molecule has 1 aliphatic carbocycles. The fourth-order valence-corrected chi connectivity index (χ4v) is 7.37. The maximum atomic E-state index is 6.64. The zero-order chi connectivity index (χ0) is 30.1. The average molecular weight is 578 g/mol. The summed E-state index contributed by atoms with van der Waals surface area (Å²) in [6, 6.07) is 54.7. The molecule has 0 radical (unpaired) electrons. The van der Waals surface area contributed by atoms with E-state index >= 15 is 0 Å². The van der Waals surface area contributed by atoms with Gasteiger partial charge in [-0.1, -0.05) is 117 Å². The molecule has 8 aromatic rings. The van der Waals surface area contributed by atoms with Crippen molar-refractivity contribution in [3.8, 4) is 22.3 Å². The first-order chi connectivity index (χ1) is 22.1. The molecule has 1 aromatic heterocycles. The number of hydrogen-bond donors (Lipinski definition) is 0. The van der Waals surface area contributed by atoms with Crippen molar-refractivity contribution in [1.82, 2.24) is 0 Å². The summed E-state index contributed by atoms with van der Waals surface area (Å²) < 4.78 is 6.64. The standard InChI is InChI=1S/C43H31NO/c1-43(2)39-18-9-8-17-35(39)36-23-20-32(26-40(36)43)44(31-15-10-14-30(25-31)28-11-4-3-5-12-28)33-21-24-37-38-22-19-29-13-6-7-16-34(29)42(38)45-41(37)27-33/h3-27H,1-2H3. The third kappa shape index (κ3) is 3.96. The molecule has 9 rings (SSSR count). The maximum Gasteiger partial charge on any atom is 0.143 e. The predicted molar refractivity (Wildman–Crippen MR) is 189 cm³/mol. The van der Waals surface area contributed by atoms with Gasteiger partial charge in [-0.2, -0.15) is 0 Å². The summed E-state index contributed by atoms with van der Waals surface area (Å²) in [7, 11) is 0. The van der Waals surface area contributed by atoms with Crippen molar-refractivity contribution in [2.45, 2.75) is 19.3 Å². The van der Waals surface area contributed by atoms with Crippen LogP contribution < -0.4 is 4.90 Å². The molecule has 1 aliphatic rings. The lowest BCUT2D eigenvalue weighted by Crippen LogP contribution is -2.16. The number of benzene rings is 7. The van der Waals surface area contributed by atoms with E-state index in [0.717, 1.165) is 44.4 Å². The number of hydrogen-bond acceptors (Lipinski definition) is 2. The van der Waals surface area contributed by atoms with Gasteiger partial charge in [0.25, 0.3) is 0 Å². The lowest BCUT2D eigenvalue weighted by molar-refractivity contribution is 0.660. The lowest BCUT2D eigenvalue weighted by atomic mass is 9.82. The monoisotopic (exact) mass is 577 g/mol. The van der Waals surface area contributed by atoms with Crippen LogP contribution in [0.1, 0.15) is 25.0 Å². The van der Waals surface area contributed by atoms with Gasteiger partial charge in [0.2, 0.25) is 0 Å². The Morgan fingerprint density at radius 2 is 1.16 bits per heavy atom. The van der Waals surface area contributed by atoms with Gasteiger partial charge in [0, 0.05) is 44.7 Å². The highest BCUT2D eigenvalue weighted by molar-refractivity contribution is 6.15. The molecule has 214 valence electrons. The van der Waals surface area contributed by atoms with Gasteiger partial charge in [0.05, 0.1) is 0 Å². The molecule has 0 atom stereocenters. The molecule has 0 saturated carbocycles. The van der Waals surface area contributed by atoms with E-state index in [1.54, 1.807) is 0 Å². The van der Waals surface area contributed by atoms with Gasteiger partial charge >= 0.3 is 0 Å². The third-order valence-electron chi connectivity index (χ3n) is 9.64. The van der Waals surface area contributed by atoms with E-state index in [1.165, 1.54) is 38.8 Å². The Morgan fingerprint density at radius 3 is 2.07 bits per heavy atom. The summed E-state index contributed by atoms with van der Waals surface area (Å²) in [6.45, 7) is 4.68. The summed E-state index contributed by atoms with van der Waals surface area (Å²) in [5.74, 6) is 0. The molecular weight excluding hydrogens is 546 g/mol. The molecule has 7 aromatic carbocycles. The Morgan fingerprint density at radius 1 is 0.467 bits per heavy atom. The van der Waals surface area contributed by atoms with Crippen molar-refractivity contribution in [3.63, 3.8) is 0 Å². The van der Waals surface area contributed by atoms with Gasteiger partial charge in [-0.3, -0.25) is 0 Å². The second-order valence-electron chi connectivity index (χ2n) is 12.6. The number of nitrogens with zero attached hydrogens (tertiary/aromatic N) is 1. The minimum absolute atomic E-state index is 0.0940. The quantitative estimate of drug-likeness (QED) is 0.207. The molecule has 0 fully saturated rings. The Kier molecular flexibility index (Phi) is 5.58. The highest BCUT2D eigenvalue weighted by Crippen LogP contribution is 2.51. The Balaban J connectivity index is 1.26. The molecule has 0 unspecified atom stereocenters. The normalized spacial score (nSPS) is 13.3. The molecule has 1 heterocycles. The molecule has 2 nitrogen and oxygen atoms in total. The van der Waals surface area contributed by atoms with Gasteiger partial charge in [0.1, 0.15) is 11.2 Å². The highest BCUT2D eigenvalue weighted by Gasteiger charge is 2.35. The molecule has 0 aliphatic heterocycles. The summed E-state index contributed by atoms with van der Waals surface area (Å²) in [5, 5.41) is 4.60. The number of anilines is 3. The maximum absolute atomic E-state index is 6.64. The Hall–Kier alpha value is -5.60. The third-order valence-corrected chi connectivity index (χ3v) is 9.64. The molecule has 2 heteroatoms. The van der Waals surface area contributed by atoms with Crippen LogP contribution in [0, 0.1) is 0 Å². The van der Waals surface area contributed by atoms with Gasteiger partial charge in [-0.05, 0) is 81.2 Å². The molecule has 0 saturated heterocycles. The Labute approximate surface area is 262 Å². The Bertz CT molecular complexity index is 2410. The van der Waals surface area contributed by atoms with Gasteiger partial charge in [0.15, 0.2) is 0 Å². The summed E-state index contributed by atoms with van der Waals surface area (Å²) in [6.07, 6.45) is 0. The second-order valence-corrected chi connectivity index (χ2v) is 12.6. The van der Waals surface area contributed by atoms with E-state index in [0.29, 0.717) is 0 Å². The smallest absolute Gasteiger partial charge is 0.143 e. The van der Waals surface area contributed by atoms with E-state index in [4.69, 9.17) is 4.42 Å². The van der Waals surface area contributed by atoms with E-state index in [2.05, 4.69) is 170 Å². The van der Waals surface area contributed by atoms with Crippen LogP contribution in [-0.4, -0.2) is 0 Å². The topological polar surface area (TPSA) is 16.4 Å². The van der Waals surface area contributed by atoms with Crippen LogP contribution in [-0.2, 0) is 5.41 Å². The predicted octanol–water partition coefficient (Wildman–Crippen LogP) is 12.2.